The molecule has 0 aliphatic heterocycles. The van der Waals surface area contributed by atoms with E-state index in [0.29, 0.717) is 0 Å². The van der Waals surface area contributed by atoms with Crippen molar-refractivity contribution in [2.75, 3.05) is 6.61 Å². The molecule has 2 fully saturated rings. The highest BCUT2D eigenvalue weighted by atomic mass is 19.1. The van der Waals surface area contributed by atoms with Gasteiger partial charge in [0.1, 0.15) is 12.8 Å². The predicted octanol–water partition coefficient (Wildman–Crippen LogP) is 1.65. The van der Waals surface area contributed by atoms with Crippen LogP contribution in [-0.2, 0) is 4.74 Å². The number of carbonyl (C=O) groups is 1. The highest BCUT2D eigenvalue weighted by Crippen LogP contribution is 2.54. The number of alkyl halides is 1. The Labute approximate surface area is 82.3 Å². The molecule has 14 heavy (non-hydrogen) atoms. The summed E-state index contributed by atoms with van der Waals surface area (Å²) in [7, 11) is 0. The fraction of sp³-hybridized carbons (Fsp3) is 0.700. The van der Waals surface area contributed by atoms with Gasteiger partial charge in [-0.15, -0.1) is 0 Å². The van der Waals surface area contributed by atoms with Crippen LogP contribution in [0, 0.1) is 11.8 Å². The van der Waals surface area contributed by atoms with Crippen LogP contribution in [0.4, 0.5) is 9.18 Å². The number of hydrogen-bond donors (Lipinski definition) is 1. The summed E-state index contributed by atoms with van der Waals surface area (Å²) in [5.41, 5.74) is 0. The average Bonchev–Trinajstić information content (AvgIpc) is 2.60. The van der Waals surface area contributed by atoms with Gasteiger partial charge in [0.15, 0.2) is 0 Å². The summed E-state index contributed by atoms with van der Waals surface area (Å²) in [5.74, 6) is 0.242. The Bertz CT molecular complexity index is 257. The van der Waals surface area contributed by atoms with Gasteiger partial charge in [-0.2, -0.15) is 0 Å². The standard InChI is InChI=1S/C10H14FNO2/c1-2-5-14-10(13)12-7-4-3-6-8(7)9(6)11/h2,6-9H,1,3-5H2,(H,12,13)/t6-,7?,8-,9?/m1/s1. The van der Waals surface area contributed by atoms with Gasteiger partial charge < -0.3 is 10.1 Å². The first-order valence-corrected chi connectivity index (χ1v) is 4.92. The van der Waals surface area contributed by atoms with Gasteiger partial charge in [0.05, 0.1) is 0 Å². The summed E-state index contributed by atoms with van der Waals surface area (Å²) in [6, 6.07) is -0.0210. The summed E-state index contributed by atoms with van der Waals surface area (Å²) >= 11 is 0. The first-order valence-electron chi connectivity index (χ1n) is 4.92. The molecule has 0 spiro atoms. The molecule has 2 saturated carbocycles. The lowest BCUT2D eigenvalue weighted by atomic mass is 10.2. The van der Waals surface area contributed by atoms with Crippen molar-refractivity contribution in [2.45, 2.75) is 25.1 Å². The minimum atomic E-state index is -0.701. The van der Waals surface area contributed by atoms with Gasteiger partial charge in [-0.3, -0.25) is 0 Å². The molecule has 0 aromatic carbocycles. The number of amides is 1. The SMILES string of the molecule is C=CCOC(=O)NC1CC[C@H]2C(F)[C@@H]12. The summed E-state index contributed by atoms with van der Waals surface area (Å²) in [5, 5.41) is 2.69. The highest BCUT2D eigenvalue weighted by Gasteiger charge is 2.59. The number of ether oxygens (including phenoxy) is 1. The molecule has 1 amide bonds. The zero-order valence-electron chi connectivity index (χ0n) is 7.91. The molecule has 1 N–H and O–H groups in total. The van der Waals surface area contributed by atoms with Gasteiger partial charge in [-0.25, -0.2) is 9.18 Å². The van der Waals surface area contributed by atoms with Crippen LogP contribution in [0.25, 0.3) is 0 Å². The smallest absolute Gasteiger partial charge is 0.407 e. The Morgan fingerprint density at radius 3 is 3.00 bits per heavy atom. The van der Waals surface area contributed by atoms with E-state index in [1.165, 1.54) is 6.08 Å². The maximum atomic E-state index is 13.0. The molecule has 0 bridgehead atoms. The number of fused-ring (bicyclic) bond motifs is 1. The fourth-order valence-electron chi connectivity index (χ4n) is 2.29. The first kappa shape index (κ1) is 9.49. The molecule has 2 unspecified atom stereocenters. The number of carbonyl (C=O) groups excluding carboxylic acids is 1. The Kier molecular flexibility index (Phi) is 2.44. The van der Waals surface area contributed by atoms with E-state index in [-0.39, 0.29) is 24.5 Å². The number of alkyl carbamates (subject to hydrolysis) is 1. The third-order valence-electron chi connectivity index (χ3n) is 3.04. The van der Waals surface area contributed by atoms with Crippen LogP contribution in [0.3, 0.4) is 0 Å². The maximum absolute atomic E-state index is 13.0. The Balaban J connectivity index is 1.75. The van der Waals surface area contributed by atoms with E-state index in [1.54, 1.807) is 0 Å². The molecule has 2 aliphatic carbocycles. The van der Waals surface area contributed by atoms with Crippen molar-refractivity contribution in [3.05, 3.63) is 12.7 Å². The maximum Gasteiger partial charge on any atom is 0.407 e. The topological polar surface area (TPSA) is 38.3 Å². The molecule has 2 rings (SSSR count). The molecule has 0 radical (unpaired) electrons. The number of hydrogen-bond acceptors (Lipinski definition) is 2. The van der Waals surface area contributed by atoms with Crippen molar-refractivity contribution in [1.29, 1.82) is 0 Å². The van der Waals surface area contributed by atoms with Crippen LogP contribution in [0.2, 0.25) is 0 Å². The number of nitrogens with one attached hydrogen (secondary N) is 1. The molecule has 78 valence electrons. The minimum absolute atomic E-state index is 0.0210. The summed E-state index contributed by atoms with van der Waals surface area (Å²) in [6.45, 7) is 3.63. The summed E-state index contributed by atoms with van der Waals surface area (Å²) in [4.78, 5) is 11.1. The summed E-state index contributed by atoms with van der Waals surface area (Å²) in [6.07, 6.45) is 2.10. The van der Waals surface area contributed by atoms with Gasteiger partial charge in [0, 0.05) is 12.0 Å². The van der Waals surface area contributed by atoms with E-state index in [4.69, 9.17) is 4.74 Å². The second kappa shape index (κ2) is 3.59. The zero-order chi connectivity index (χ0) is 10.1. The van der Waals surface area contributed by atoms with Gasteiger partial charge in [-0.05, 0) is 18.8 Å². The van der Waals surface area contributed by atoms with Crippen molar-refractivity contribution < 1.29 is 13.9 Å². The van der Waals surface area contributed by atoms with Crippen LogP contribution in [-0.4, -0.2) is 24.9 Å². The summed E-state index contributed by atoms with van der Waals surface area (Å²) < 4.78 is 17.7. The van der Waals surface area contributed by atoms with E-state index < -0.39 is 12.3 Å². The van der Waals surface area contributed by atoms with Crippen LogP contribution in [0.5, 0.6) is 0 Å². The molecule has 4 heteroatoms. The fourth-order valence-corrected chi connectivity index (χ4v) is 2.29. The zero-order valence-corrected chi connectivity index (χ0v) is 7.91. The van der Waals surface area contributed by atoms with E-state index in [0.717, 1.165) is 12.8 Å². The normalized spacial score (nSPS) is 38.6. The molecule has 0 saturated heterocycles. The third kappa shape index (κ3) is 1.61. The van der Waals surface area contributed by atoms with Crippen LogP contribution in [0.1, 0.15) is 12.8 Å². The van der Waals surface area contributed by atoms with Crippen molar-refractivity contribution in [3.8, 4) is 0 Å². The van der Waals surface area contributed by atoms with Crippen LogP contribution < -0.4 is 5.32 Å². The minimum Gasteiger partial charge on any atom is -0.445 e. The third-order valence-corrected chi connectivity index (χ3v) is 3.04. The van der Waals surface area contributed by atoms with Gasteiger partial charge >= 0.3 is 6.09 Å². The lowest BCUT2D eigenvalue weighted by Gasteiger charge is -2.13. The molecule has 3 nitrogen and oxygen atoms in total. The molecule has 2 aliphatic rings. The lowest BCUT2D eigenvalue weighted by molar-refractivity contribution is 0.152. The largest absolute Gasteiger partial charge is 0.445 e. The van der Waals surface area contributed by atoms with Crippen molar-refractivity contribution in [1.82, 2.24) is 5.32 Å². The molecule has 0 aromatic heterocycles. The lowest BCUT2D eigenvalue weighted by Crippen LogP contribution is -2.36. The van der Waals surface area contributed by atoms with Gasteiger partial charge in [0.25, 0.3) is 0 Å². The van der Waals surface area contributed by atoms with E-state index in [2.05, 4.69) is 11.9 Å². The molecule has 0 heterocycles. The predicted molar refractivity (Wildman–Crippen MR) is 49.6 cm³/mol. The Hall–Kier alpha value is -1.06. The Morgan fingerprint density at radius 2 is 2.43 bits per heavy atom. The molecule has 4 atom stereocenters. The molecule has 0 aromatic rings. The van der Waals surface area contributed by atoms with Gasteiger partial charge in [0.2, 0.25) is 0 Å². The van der Waals surface area contributed by atoms with E-state index >= 15 is 0 Å². The molecular formula is C10H14FNO2. The van der Waals surface area contributed by atoms with Crippen molar-refractivity contribution in [2.24, 2.45) is 11.8 Å². The van der Waals surface area contributed by atoms with Crippen molar-refractivity contribution in [3.63, 3.8) is 0 Å². The quantitative estimate of drug-likeness (QED) is 0.702. The second-order valence-electron chi connectivity index (χ2n) is 3.90. The van der Waals surface area contributed by atoms with Gasteiger partial charge in [-0.1, -0.05) is 12.7 Å². The first-order chi connectivity index (χ1) is 6.74. The number of rotatable bonds is 3. The Morgan fingerprint density at radius 1 is 1.64 bits per heavy atom. The van der Waals surface area contributed by atoms with Crippen LogP contribution in [0.15, 0.2) is 12.7 Å². The molecular weight excluding hydrogens is 185 g/mol. The van der Waals surface area contributed by atoms with E-state index in [1.807, 2.05) is 0 Å². The average molecular weight is 199 g/mol. The van der Waals surface area contributed by atoms with Crippen molar-refractivity contribution >= 4 is 6.09 Å². The number of halogens is 1. The van der Waals surface area contributed by atoms with Crippen LogP contribution >= 0.6 is 0 Å². The van der Waals surface area contributed by atoms with E-state index in [9.17, 15) is 9.18 Å². The highest BCUT2D eigenvalue weighted by molar-refractivity contribution is 5.68. The second-order valence-corrected chi connectivity index (χ2v) is 3.90. The monoisotopic (exact) mass is 199 g/mol.